The topological polar surface area (TPSA) is 78.4 Å². The molecule has 0 heterocycles. The van der Waals surface area contributed by atoms with Crippen molar-refractivity contribution in [1.29, 1.82) is 0 Å². The van der Waals surface area contributed by atoms with Crippen LogP contribution in [0.4, 0.5) is 0 Å². The first-order valence-electron chi connectivity index (χ1n) is 6.83. The molecule has 0 saturated heterocycles. The maximum Gasteiger partial charge on any atom is 0.322 e. The Hall–Kier alpha value is -2.05. The Morgan fingerprint density at radius 2 is 1.95 bits per heavy atom. The summed E-state index contributed by atoms with van der Waals surface area (Å²) in [5.41, 5.74) is 0.868. The second-order valence-electron chi connectivity index (χ2n) is 4.61. The molecule has 0 saturated carbocycles. The lowest BCUT2D eigenvalue weighted by Crippen LogP contribution is -2.47. The van der Waals surface area contributed by atoms with Crippen molar-refractivity contribution in [3.63, 3.8) is 0 Å². The van der Waals surface area contributed by atoms with E-state index in [4.69, 9.17) is 5.11 Å². The predicted octanol–water partition coefficient (Wildman–Crippen LogP) is 1.59. The first kappa shape index (κ1) is 18.0. The Balaban J connectivity index is 2.51. The maximum atomic E-state index is 11.7. The van der Waals surface area contributed by atoms with Crippen LogP contribution in [0.15, 0.2) is 60.3 Å². The highest BCUT2D eigenvalue weighted by Gasteiger charge is 2.18. The SMILES string of the molecule is CC(S)NC(CNC(=O)/C=C/C1=C\C=C/C=C/C=C\1)C(=O)O. The third-order valence-electron chi connectivity index (χ3n) is 2.67. The average molecular weight is 320 g/mol. The summed E-state index contributed by atoms with van der Waals surface area (Å²) >= 11 is 4.08. The van der Waals surface area contributed by atoms with E-state index >= 15 is 0 Å². The van der Waals surface area contributed by atoms with Gasteiger partial charge in [0.25, 0.3) is 0 Å². The molecule has 0 aromatic heterocycles. The molecule has 0 fully saturated rings. The van der Waals surface area contributed by atoms with Gasteiger partial charge < -0.3 is 10.4 Å². The molecule has 5 nitrogen and oxygen atoms in total. The van der Waals surface area contributed by atoms with Crippen LogP contribution >= 0.6 is 12.6 Å². The molecule has 2 atom stereocenters. The average Bonchev–Trinajstić information content (AvgIpc) is 2.41. The molecule has 0 spiro atoms. The number of thiol groups is 1. The zero-order valence-corrected chi connectivity index (χ0v) is 13.2. The number of carboxylic acids is 1. The number of carbonyl (C=O) groups is 2. The number of nitrogens with one attached hydrogen (secondary N) is 2. The van der Waals surface area contributed by atoms with Crippen LogP contribution in [0.2, 0.25) is 0 Å². The van der Waals surface area contributed by atoms with Gasteiger partial charge in [-0.1, -0.05) is 42.5 Å². The molecule has 0 aromatic rings. The molecule has 1 aliphatic carbocycles. The fraction of sp³-hybridized carbons (Fsp3) is 0.250. The Bertz CT molecular complexity index is 546. The van der Waals surface area contributed by atoms with Gasteiger partial charge in [0.1, 0.15) is 6.04 Å². The van der Waals surface area contributed by atoms with Crippen LogP contribution in [0.25, 0.3) is 0 Å². The van der Waals surface area contributed by atoms with Gasteiger partial charge in [-0.25, -0.2) is 0 Å². The van der Waals surface area contributed by atoms with Gasteiger partial charge in [-0.3, -0.25) is 14.9 Å². The number of allylic oxidation sites excluding steroid dienone is 9. The van der Waals surface area contributed by atoms with Gasteiger partial charge in [0.2, 0.25) is 5.91 Å². The van der Waals surface area contributed by atoms with E-state index < -0.39 is 12.0 Å². The minimum Gasteiger partial charge on any atom is -0.480 e. The van der Waals surface area contributed by atoms with Gasteiger partial charge in [-0.15, -0.1) is 0 Å². The molecule has 1 amide bonds. The van der Waals surface area contributed by atoms with Crippen molar-refractivity contribution in [2.45, 2.75) is 18.3 Å². The number of carboxylic acid groups (broad SMARTS) is 1. The van der Waals surface area contributed by atoms with Crippen LogP contribution in [0.3, 0.4) is 0 Å². The Kier molecular flexibility index (Phi) is 8.03. The third-order valence-corrected chi connectivity index (χ3v) is 2.82. The summed E-state index contributed by atoms with van der Waals surface area (Å²) in [6.45, 7) is 1.71. The Morgan fingerprint density at radius 1 is 1.27 bits per heavy atom. The van der Waals surface area contributed by atoms with Gasteiger partial charge in [0.05, 0.1) is 0 Å². The lowest BCUT2D eigenvalue weighted by molar-refractivity contribution is -0.139. The van der Waals surface area contributed by atoms with Crippen molar-refractivity contribution >= 4 is 24.5 Å². The van der Waals surface area contributed by atoms with E-state index in [0.29, 0.717) is 0 Å². The third kappa shape index (κ3) is 7.66. The molecule has 6 heteroatoms. The van der Waals surface area contributed by atoms with Crippen molar-refractivity contribution < 1.29 is 14.7 Å². The fourth-order valence-corrected chi connectivity index (χ4v) is 1.81. The Morgan fingerprint density at radius 3 is 2.64 bits per heavy atom. The van der Waals surface area contributed by atoms with Gasteiger partial charge in [0, 0.05) is 18.0 Å². The van der Waals surface area contributed by atoms with Crippen LogP contribution in [-0.2, 0) is 9.59 Å². The molecule has 0 bridgehead atoms. The molecule has 1 aliphatic rings. The normalized spacial score (nSPS) is 23.5. The zero-order valence-electron chi connectivity index (χ0n) is 12.3. The van der Waals surface area contributed by atoms with Crippen LogP contribution < -0.4 is 10.6 Å². The van der Waals surface area contributed by atoms with Crippen molar-refractivity contribution in [3.05, 3.63) is 60.3 Å². The predicted molar refractivity (Wildman–Crippen MR) is 90.7 cm³/mol. The summed E-state index contributed by atoms with van der Waals surface area (Å²) in [5.74, 6) is -1.39. The molecule has 2 unspecified atom stereocenters. The fourth-order valence-electron chi connectivity index (χ4n) is 1.63. The summed E-state index contributed by atoms with van der Waals surface area (Å²) in [7, 11) is 0. The van der Waals surface area contributed by atoms with Crippen LogP contribution in [0, 0.1) is 0 Å². The summed E-state index contributed by atoms with van der Waals surface area (Å²) in [6, 6.07) is -0.876. The molecular formula is C16H20N2O3S. The minimum atomic E-state index is -1.03. The molecule has 3 N–H and O–H groups in total. The van der Waals surface area contributed by atoms with Crippen molar-refractivity contribution in [1.82, 2.24) is 10.6 Å². The van der Waals surface area contributed by atoms with Gasteiger partial charge >= 0.3 is 5.97 Å². The zero-order chi connectivity index (χ0) is 16.4. The van der Waals surface area contributed by atoms with Gasteiger partial charge in [0.15, 0.2) is 0 Å². The van der Waals surface area contributed by atoms with E-state index in [-0.39, 0.29) is 17.8 Å². The van der Waals surface area contributed by atoms with Crippen molar-refractivity contribution in [2.75, 3.05) is 6.54 Å². The first-order valence-corrected chi connectivity index (χ1v) is 7.35. The summed E-state index contributed by atoms with van der Waals surface area (Å²) < 4.78 is 0. The van der Waals surface area contributed by atoms with Crippen molar-refractivity contribution in [2.24, 2.45) is 0 Å². The molecule has 118 valence electrons. The molecular weight excluding hydrogens is 300 g/mol. The van der Waals surface area contributed by atoms with E-state index in [1.807, 2.05) is 42.5 Å². The van der Waals surface area contributed by atoms with Crippen LogP contribution in [0.5, 0.6) is 0 Å². The van der Waals surface area contributed by atoms with E-state index in [1.54, 1.807) is 13.0 Å². The van der Waals surface area contributed by atoms with E-state index in [9.17, 15) is 9.59 Å². The molecule has 1 rings (SSSR count). The lowest BCUT2D eigenvalue weighted by atomic mass is 10.1. The van der Waals surface area contributed by atoms with E-state index in [2.05, 4.69) is 23.3 Å². The van der Waals surface area contributed by atoms with E-state index in [0.717, 1.165) is 5.57 Å². The lowest BCUT2D eigenvalue weighted by Gasteiger charge is -2.16. The summed E-state index contributed by atoms with van der Waals surface area (Å²) in [6.07, 6.45) is 16.2. The maximum absolute atomic E-state index is 11.7. The molecule has 0 aromatic carbocycles. The highest BCUT2D eigenvalue weighted by Crippen LogP contribution is 2.03. The van der Waals surface area contributed by atoms with Crippen molar-refractivity contribution in [3.8, 4) is 0 Å². The monoisotopic (exact) mass is 320 g/mol. The number of amides is 1. The van der Waals surface area contributed by atoms with Crippen LogP contribution in [-0.4, -0.2) is 34.9 Å². The Labute approximate surface area is 135 Å². The molecule has 22 heavy (non-hydrogen) atoms. The number of hydrogen-bond donors (Lipinski definition) is 4. The second-order valence-corrected chi connectivity index (χ2v) is 5.38. The summed E-state index contributed by atoms with van der Waals surface area (Å²) in [4.78, 5) is 22.8. The molecule has 0 aliphatic heterocycles. The quantitative estimate of drug-likeness (QED) is 0.326. The van der Waals surface area contributed by atoms with Crippen LogP contribution in [0.1, 0.15) is 6.92 Å². The smallest absolute Gasteiger partial charge is 0.322 e. The number of rotatable bonds is 7. The van der Waals surface area contributed by atoms with Gasteiger partial charge in [-0.05, 0) is 18.6 Å². The number of carbonyl (C=O) groups excluding carboxylic acids is 1. The minimum absolute atomic E-state index is 0.0130. The standard InChI is InChI=1S/C16H20N2O3S/c1-12(22)18-14(16(20)21)11-17-15(19)10-9-13-7-5-3-2-4-6-8-13/h2-10,12,14,18,22H,11H2,1H3,(H,17,19)(H,20,21)/b3-2+,4-2?,5-3?,6-4-,7-5-,8-6?,10-9+,13-7?,13-8-. The van der Waals surface area contributed by atoms with E-state index in [1.165, 1.54) is 6.08 Å². The highest BCUT2D eigenvalue weighted by molar-refractivity contribution is 7.80. The first-order chi connectivity index (χ1) is 10.5. The second kappa shape index (κ2) is 9.81. The highest BCUT2D eigenvalue weighted by atomic mass is 32.1. The largest absolute Gasteiger partial charge is 0.480 e. The number of hydrogen-bond acceptors (Lipinski definition) is 4. The van der Waals surface area contributed by atoms with Gasteiger partial charge in [-0.2, -0.15) is 12.6 Å². The molecule has 0 radical (unpaired) electrons. The summed E-state index contributed by atoms with van der Waals surface area (Å²) in [5, 5.41) is 14.0. The number of aliphatic carboxylic acids is 1.